The molecule has 0 saturated heterocycles. The molecule has 0 amide bonds. The summed E-state index contributed by atoms with van der Waals surface area (Å²) in [5.41, 5.74) is 12.0. The summed E-state index contributed by atoms with van der Waals surface area (Å²) in [6.07, 6.45) is 0. The molecule has 100 valence electrons. The quantitative estimate of drug-likeness (QED) is 0.861. The van der Waals surface area contributed by atoms with Crippen LogP contribution < -0.4 is 5.73 Å². The van der Waals surface area contributed by atoms with Crippen molar-refractivity contribution in [1.82, 2.24) is 0 Å². The van der Waals surface area contributed by atoms with Crippen LogP contribution in [0.1, 0.15) is 39.4 Å². The Morgan fingerprint density at radius 3 is 2.00 bits per heavy atom. The van der Waals surface area contributed by atoms with Crippen LogP contribution in [0, 0.1) is 33.5 Å². The van der Waals surface area contributed by atoms with Crippen molar-refractivity contribution in [3.8, 4) is 0 Å². The second-order valence-electron chi connectivity index (χ2n) is 5.26. The fraction of sp³-hybridized carbons (Fsp3) is 0.294. The van der Waals surface area contributed by atoms with Gasteiger partial charge in [-0.1, -0.05) is 24.3 Å². The number of hydrogen-bond acceptors (Lipinski definition) is 1. The molecule has 0 spiro atoms. The minimum atomic E-state index is -0.415. The van der Waals surface area contributed by atoms with Gasteiger partial charge in [0, 0.05) is 5.56 Å². The van der Waals surface area contributed by atoms with Crippen molar-refractivity contribution in [2.45, 2.75) is 33.7 Å². The smallest absolute Gasteiger partial charge is 0.128 e. The van der Waals surface area contributed by atoms with Gasteiger partial charge in [-0.25, -0.2) is 4.39 Å². The zero-order valence-corrected chi connectivity index (χ0v) is 11.9. The summed E-state index contributed by atoms with van der Waals surface area (Å²) in [6, 6.07) is 9.15. The summed E-state index contributed by atoms with van der Waals surface area (Å²) < 4.78 is 14.2. The summed E-state index contributed by atoms with van der Waals surface area (Å²) in [5, 5.41) is 0. The minimum absolute atomic E-state index is 0.215. The van der Waals surface area contributed by atoms with Crippen LogP contribution in [0.15, 0.2) is 30.3 Å². The molecule has 0 heterocycles. The molecule has 1 nitrogen and oxygen atoms in total. The number of rotatable bonds is 2. The molecule has 0 aliphatic rings. The van der Waals surface area contributed by atoms with Gasteiger partial charge in [-0.2, -0.15) is 0 Å². The Morgan fingerprint density at radius 2 is 1.47 bits per heavy atom. The van der Waals surface area contributed by atoms with E-state index in [0.29, 0.717) is 5.56 Å². The fourth-order valence-corrected chi connectivity index (χ4v) is 2.78. The Hall–Kier alpha value is -1.67. The van der Waals surface area contributed by atoms with Gasteiger partial charge in [0.15, 0.2) is 0 Å². The Kier molecular flexibility index (Phi) is 3.72. The van der Waals surface area contributed by atoms with Crippen molar-refractivity contribution in [1.29, 1.82) is 0 Å². The van der Waals surface area contributed by atoms with Gasteiger partial charge in [-0.3, -0.25) is 0 Å². The third kappa shape index (κ3) is 2.54. The second kappa shape index (κ2) is 5.14. The van der Waals surface area contributed by atoms with Crippen LogP contribution in [0.5, 0.6) is 0 Å². The zero-order chi connectivity index (χ0) is 14.2. The van der Waals surface area contributed by atoms with Crippen LogP contribution in [-0.2, 0) is 0 Å². The Labute approximate surface area is 114 Å². The molecule has 1 atom stereocenters. The molecule has 2 aromatic carbocycles. The van der Waals surface area contributed by atoms with E-state index < -0.39 is 6.04 Å². The van der Waals surface area contributed by atoms with Gasteiger partial charge < -0.3 is 5.73 Å². The van der Waals surface area contributed by atoms with Gasteiger partial charge in [0.05, 0.1) is 6.04 Å². The Balaban J connectivity index is 2.60. The first kappa shape index (κ1) is 13.8. The van der Waals surface area contributed by atoms with Crippen molar-refractivity contribution < 1.29 is 4.39 Å². The molecule has 2 rings (SSSR count). The van der Waals surface area contributed by atoms with Crippen molar-refractivity contribution in [3.05, 3.63) is 69.5 Å². The lowest BCUT2D eigenvalue weighted by Gasteiger charge is -2.20. The zero-order valence-electron chi connectivity index (χ0n) is 11.9. The van der Waals surface area contributed by atoms with Crippen molar-refractivity contribution in [2.24, 2.45) is 5.73 Å². The van der Waals surface area contributed by atoms with E-state index in [9.17, 15) is 4.39 Å². The van der Waals surface area contributed by atoms with E-state index >= 15 is 0 Å². The predicted octanol–water partition coefficient (Wildman–Crippen LogP) is 4.11. The van der Waals surface area contributed by atoms with Gasteiger partial charge in [-0.05, 0) is 61.6 Å². The molecule has 0 aromatic heterocycles. The van der Waals surface area contributed by atoms with Crippen molar-refractivity contribution in [2.75, 3.05) is 0 Å². The van der Waals surface area contributed by atoms with Gasteiger partial charge >= 0.3 is 0 Å². The highest BCUT2D eigenvalue weighted by Gasteiger charge is 2.19. The summed E-state index contributed by atoms with van der Waals surface area (Å²) in [6.45, 7) is 7.84. The SMILES string of the molecule is Cc1cc(C)c(C(N)c2c(C)cccc2C)c(F)c1. The number of hydrogen-bond donors (Lipinski definition) is 1. The van der Waals surface area contributed by atoms with Gasteiger partial charge in [-0.15, -0.1) is 0 Å². The van der Waals surface area contributed by atoms with Gasteiger partial charge in [0.2, 0.25) is 0 Å². The maximum atomic E-state index is 14.2. The van der Waals surface area contributed by atoms with Crippen LogP contribution in [0.3, 0.4) is 0 Å². The Morgan fingerprint density at radius 1 is 0.895 bits per heavy atom. The first-order valence-corrected chi connectivity index (χ1v) is 6.50. The lowest BCUT2D eigenvalue weighted by atomic mass is 9.89. The lowest BCUT2D eigenvalue weighted by Crippen LogP contribution is -2.18. The predicted molar refractivity (Wildman–Crippen MR) is 77.8 cm³/mol. The number of aryl methyl sites for hydroxylation is 4. The molecule has 0 saturated carbocycles. The molecule has 0 aliphatic carbocycles. The van der Waals surface area contributed by atoms with E-state index in [1.54, 1.807) is 6.07 Å². The summed E-state index contributed by atoms with van der Waals surface area (Å²) in [5.74, 6) is -0.215. The van der Waals surface area contributed by atoms with E-state index in [1.807, 2.05) is 52.0 Å². The monoisotopic (exact) mass is 257 g/mol. The molecule has 0 fully saturated rings. The minimum Gasteiger partial charge on any atom is -0.320 e. The maximum absolute atomic E-state index is 14.2. The van der Waals surface area contributed by atoms with Gasteiger partial charge in [0.25, 0.3) is 0 Å². The van der Waals surface area contributed by atoms with E-state index in [-0.39, 0.29) is 5.82 Å². The average molecular weight is 257 g/mol. The standard InChI is InChI=1S/C17H20FN/c1-10-8-13(4)16(14(18)9-10)17(19)15-11(2)6-5-7-12(15)3/h5-9,17H,19H2,1-4H3. The topological polar surface area (TPSA) is 26.0 Å². The molecule has 2 N–H and O–H groups in total. The van der Waals surface area contributed by atoms with E-state index in [4.69, 9.17) is 5.73 Å². The normalized spacial score (nSPS) is 12.5. The highest BCUT2D eigenvalue weighted by Crippen LogP contribution is 2.30. The molecule has 19 heavy (non-hydrogen) atoms. The van der Waals surface area contributed by atoms with Crippen LogP contribution in [0.4, 0.5) is 4.39 Å². The van der Waals surface area contributed by atoms with Gasteiger partial charge in [0.1, 0.15) is 5.82 Å². The highest BCUT2D eigenvalue weighted by atomic mass is 19.1. The van der Waals surface area contributed by atoms with Crippen molar-refractivity contribution in [3.63, 3.8) is 0 Å². The number of nitrogens with two attached hydrogens (primary N) is 1. The van der Waals surface area contributed by atoms with Crippen LogP contribution in [0.25, 0.3) is 0 Å². The number of halogens is 1. The fourth-order valence-electron chi connectivity index (χ4n) is 2.78. The molecule has 2 heteroatoms. The molecular weight excluding hydrogens is 237 g/mol. The van der Waals surface area contributed by atoms with E-state index in [2.05, 4.69) is 0 Å². The summed E-state index contributed by atoms with van der Waals surface area (Å²) in [4.78, 5) is 0. The Bertz CT molecular complexity index is 573. The molecular formula is C17H20FN. The largest absolute Gasteiger partial charge is 0.320 e. The third-order valence-corrected chi connectivity index (χ3v) is 3.64. The van der Waals surface area contributed by atoms with Crippen LogP contribution in [-0.4, -0.2) is 0 Å². The molecule has 0 bridgehead atoms. The highest BCUT2D eigenvalue weighted by molar-refractivity contribution is 5.45. The summed E-state index contributed by atoms with van der Waals surface area (Å²) in [7, 11) is 0. The first-order valence-electron chi connectivity index (χ1n) is 6.50. The maximum Gasteiger partial charge on any atom is 0.128 e. The van der Waals surface area contributed by atoms with Crippen LogP contribution in [0.2, 0.25) is 0 Å². The first-order chi connectivity index (χ1) is 8.91. The summed E-state index contributed by atoms with van der Waals surface area (Å²) >= 11 is 0. The number of benzene rings is 2. The van der Waals surface area contributed by atoms with E-state index in [0.717, 1.165) is 27.8 Å². The molecule has 0 radical (unpaired) electrons. The lowest BCUT2D eigenvalue weighted by molar-refractivity contribution is 0.595. The third-order valence-electron chi connectivity index (χ3n) is 3.64. The molecule has 2 aromatic rings. The second-order valence-corrected chi connectivity index (χ2v) is 5.26. The average Bonchev–Trinajstić information content (AvgIpc) is 2.26. The van der Waals surface area contributed by atoms with Crippen LogP contribution >= 0.6 is 0 Å². The van der Waals surface area contributed by atoms with E-state index in [1.165, 1.54) is 0 Å². The van der Waals surface area contributed by atoms with Crippen molar-refractivity contribution >= 4 is 0 Å². The molecule has 1 unspecified atom stereocenters. The molecule has 0 aliphatic heterocycles.